The fraction of sp³-hybridized carbons (Fsp3) is 0.115. The summed E-state index contributed by atoms with van der Waals surface area (Å²) in [7, 11) is 1.61. The van der Waals surface area contributed by atoms with Crippen molar-refractivity contribution in [2.24, 2.45) is 5.73 Å². The number of anilines is 1. The first-order valence-corrected chi connectivity index (χ1v) is 10.3. The topological polar surface area (TPSA) is 104 Å². The van der Waals surface area contributed by atoms with Gasteiger partial charge in [-0.25, -0.2) is 4.98 Å². The molecule has 0 radical (unpaired) electrons. The van der Waals surface area contributed by atoms with Gasteiger partial charge in [0.05, 0.1) is 18.3 Å². The summed E-state index contributed by atoms with van der Waals surface area (Å²) in [5.74, 6) is 0.362. The number of methoxy groups -OCH3 is 1. The van der Waals surface area contributed by atoms with Gasteiger partial charge in [-0.15, -0.1) is 0 Å². The maximum absolute atomic E-state index is 12.6. The summed E-state index contributed by atoms with van der Waals surface area (Å²) in [6, 6.07) is 21.9. The predicted octanol–water partition coefficient (Wildman–Crippen LogP) is 4.34. The Bertz CT molecular complexity index is 1320. The van der Waals surface area contributed by atoms with E-state index >= 15 is 0 Å². The number of nitrogens with zero attached hydrogens (tertiary/aromatic N) is 1. The fourth-order valence-corrected chi connectivity index (χ4v) is 3.36. The van der Waals surface area contributed by atoms with Gasteiger partial charge < -0.3 is 20.5 Å². The molecule has 33 heavy (non-hydrogen) atoms. The van der Waals surface area contributed by atoms with Crippen LogP contribution in [0.4, 0.5) is 5.69 Å². The van der Waals surface area contributed by atoms with Gasteiger partial charge in [0.15, 0.2) is 6.61 Å². The first-order chi connectivity index (χ1) is 15.9. The van der Waals surface area contributed by atoms with Crippen LogP contribution in [0.15, 0.2) is 72.8 Å². The number of primary amides is 1. The van der Waals surface area contributed by atoms with Crippen LogP contribution in [0.5, 0.6) is 11.5 Å². The number of carbonyl (C=O) groups is 2. The molecule has 4 aromatic rings. The molecule has 0 atom stereocenters. The van der Waals surface area contributed by atoms with Crippen molar-refractivity contribution in [1.82, 2.24) is 4.98 Å². The molecular formula is C26H23N3O4. The van der Waals surface area contributed by atoms with Crippen LogP contribution in [-0.2, 0) is 4.79 Å². The van der Waals surface area contributed by atoms with Crippen LogP contribution in [0.1, 0.15) is 15.9 Å². The number of fused-ring (bicyclic) bond motifs is 1. The summed E-state index contributed by atoms with van der Waals surface area (Å²) in [5.41, 5.74) is 9.67. The molecular weight excluding hydrogens is 418 g/mol. The lowest BCUT2D eigenvalue weighted by Crippen LogP contribution is -2.20. The summed E-state index contributed by atoms with van der Waals surface area (Å²) >= 11 is 0. The number of hydrogen-bond acceptors (Lipinski definition) is 5. The van der Waals surface area contributed by atoms with Crippen LogP contribution in [0.2, 0.25) is 0 Å². The summed E-state index contributed by atoms with van der Waals surface area (Å²) in [6.07, 6.45) is 0. The van der Waals surface area contributed by atoms with E-state index in [-0.39, 0.29) is 12.5 Å². The third-order valence-corrected chi connectivity index (χ3v) is 5.10. The number of nitrogens with one attached hydrogen (secondary N) is 1. The predicted molar refractivity (Wildman–Crippen MR) is 128 cm³/mol. The summed E-state index contributed by atoms with van der Waals surface area (Å²) < 4.78 is 10.9. The maximum Gasteiger partial charge on any atom is 0.255 e. The van der Waals surface area contributed by atoms with Gasteiger partial charge in [0.25, 0.3) is 11.8 Å². The van der Waals surface area contributed by atoms with Crippen LogP contribution in [0.25, 0.3) is 22.2 Å². The minimum absolute atomic E-state index is 0.225. The third-order valence-electron chi connectivity index (χ3n) is 5.10. The van der Waals surface area contributed by atoms with Crippen LogP contribution >= 0.6 is 0 Å². The molecule has 2 amide bonds. The van der Waals surface area contributed by atoms with E-state index in [1.165, 1.54) is 0 Å². The van der Waals surface area contributed by atoms with E-state index in [2.05, 4.69) is 5.32 Å². The van der Waals surface area contributed by atoms with Crippen molar-refractivity contribution < 1.29 is 19.1 Å². The van der Waals surface area contributed by atoms with Crippen molar-refractivity contribution in [3.05, 3.63) is 83.9 Å². The van der Waals surface area contributed by atoms with Crippen LogP contribution in [0.3, 0.4) is 0 Å². The number of carbonyl (C=O) groups excluding carboxylic acids is 2. The second-order valence-electron chi connectivity index (χ2n) is 7.54. The van der Waals surface area contributed by atoms with E-state index in [1.807, 2.05) is 43.3 Å². The molecule has 0 aliphatic heterocycles. The molecule has 0 spiro atoms. The Morgan fingerprint density at radius 1 is 0.970 bits per heavy atom. The second kappa shape index (κ2) is 9.40. The summed E-state index contributed by atoms with van der Waals surface area (Å²) in [6.45, 7) is 1.69. The molecule has 4 rings (SSSR count). The number of ether oxygens (including phenoxy) is 2. The highest BCUT2D eigenvalue weighted by Gasteiger charge is 2.13. The Labute approximate surface area is 191 Å². The molecule has 7 heteroatoms. The van der Waals surface area contributed by atoms with E-state index in [0.29, 0.717) is 33.6 Å². The van der Waals surface area contributed by atoms with Crippen molar-refractivity contribution in [3.8, 4) is 22.8 Å². The molecule has 0 unspecified atom stereocenters. The van der Waals surface area contributed by atoms with Gasteiger partial charge in [-0.1, -0.05) is 17.7 Å². The minimum Gasteiger partial charge on any atom is -0.497 e. The van der Waals surface area contributed by atoms with Crippen molar-refractivity contribution in [2.45, 2.75) is 6.92 Å². The lowest BCUT2D eigenvalue weighted by molar-refractivity contribution is -0.119. The molecule has 3 aromatic carbocycles. The molecule has 7 nitrogen and oxygen atoms in total. The number of benzene rings is 3. The number of rotatable bonds is 7. The maximum atomic E-state index is 12.6. The molecule has 0 bridgehead atoms. The molecule has 0 aliphatic rings. The Kier molecular flexibility index (Phi) is 6.22. The van der Waals surface area contributed by atoms with Crippen molar-refractivity contribution in [1.29, 1.82) is 0 Å². The lowest BCUT2D eigenvalue weighted by Gasteiger charge is -2.13. The largest absolute Gasteiger partial charge is 0.497 e. The van der Waals surface area contributed by atoms with Gasteiger partial charge in [-0.2, -0.15) is 0 Å². The van der Waals surface area contributed by atoms with Gasteiger partial charge in [0.1, 0.15) is 11.5 Å². The van der Waals surface area contributed by atoms with Crippen molar-refractivity contribution >= 4 is 28.4 Å². The average Bonchev–Trinajstić information content (AvgIpc) is 2.82. The Hall–Kier alpha value is -4.39. The van der Waals surface area contributed by atoms with Gasteiger partial charge in [-0.3, -0.25) is 9.59 Å². The smallest absolute Gasteiger partial charge is 0.255 e. The van der Waals surface area contributed by atoms with E-state index < -0.39 is 5.91 Å². The zero-order valence-electron chi connectivity index (χ0n) is 18.3. The normalized spacial score (nSPS) is 10.6. The zero-order valence-corrected chi connectivity index (χ0v) is 18.3. The fourth-order valence-electron chi connectivity index (χ4n) is 3.36. The average molecular weight is 441 g/mol. The number of amides is 2. The van der Waals surface area contributed by atoms with Gasteiger partial charge in [0.2, 0.25) is 0 Å². The van der Waals surface area contributed by atoms with Gasteiger partial charge >= 0.3 is 0 Å². The van der Waals surface area contributed by atoms with E-state index in [4.69, 9.17) is 20.2 Å². The van der Waals surface area contributed by atoms with Crippen molar-refractivity contribution in [2.75, 3.05) is 19.0 Å². The van der Waals surface area contributed by atoms with Gasteiger partial charge in [-0.05, 0) is 61.5 Å². The number of pyridine rings is 1. The standard InChI is InChI=1S/C26H23N3O4/c1-16-3-5-18(6-4-16)26(31)28-19-9-12-22-21(13-19)24(33-15-25(27)30)14-23(29-22)17-7-10-20(32-2)11-8-17/h3-14H,15H2,1-2H3,(H2,27,30)(H,28,31). The molecule has 0 aliphatic carbocycles. The second-order valence-corrected chi connectivity index (χ2v) is 7.54. The lowest BCUT2D eigenvalue weighted by atomic mass is 10.1. The van der Waals surface area contributed by atoms with E-state index in [1.54, 1.807) is 43.5 Å². The first kappa shape index (κ1) is 21.8. The molecule has 0 fully saturated rings. The Morgan fingerprint density at radius 3 is 2.36 bits per heavy atom. The van der Waals surface area contributed by atoms with Crippen LogP contribution in [-0.4, -0.2) is 30.5 Å². The SMILES string of the molecule is COc1ccc(-c2cc(OCC(N)=O)c3cc(NC(=O)c4ccc(C)cc4)ccc3n2)cc1. The van der Waals surface area contributed by atoms with E-state index in [0.717, 1.165) is 16.9 Å². The summed E-state index contributed by atoms with van der Waals surface area (Å²) in [5, 5.41) is 3.54. The molecule has 0 saturated carbocycles. The highest BCUT2D eigenvalue weighted by Crippen LogP contribution is 2.32. The van der Waals surface area contributed by atoms with Gasteiger partial charge in [0, 0.05) is 28.3 Å². The van der Waals surface area contributed by atoms with E-state index in [9.17, 15) is 9.59 Å². The highest BCUT2D eigenvalue weighted by molar-refractivity contribution is 6.05. The quantitative estimate of drug-likeness (QED) is 0.444. The molecule has 1 aromatic heterocycles. The number of hydrogen-bond donors (Lipinski definition) is 2. The van der Waals surface area contributed by atoms with Crippen LogP contribution < -0.4 is 20.5 Å². The van der Waals surface area contributed by atoms with Crippen molar-refractivity contribution in [3.63, 3.8) is 0 Å². The number of nitrogens with two attached hydrogens (primary N) is 1. The number of aromatic nitrogens is 1. The Morgan fingerprint density at radius 2 is 1.70 bits per heavy atom. The monoisotopic (exact) mass is 441 g/mol. The summed E-state index contributed by atoms with van der Waals surface area (Å²) in [4.78, 5) is 28.7. The van der Waals surface area contributed by atoms with Crippen LogP contribution in [0, 0.1) is 6.92 Å². The minimum atomic E-state index is -0.588. The molecule has 3 N–H and O–H groups in total. The molecule has 0 saturated heterocycles. The molecule has 166 valence electrons. The highest BCUT2D eigenvalue weighted by atomic mass is 16.5. The number of aryl methyl sites for hydroxylation is 1. The molecule has 1 heterocycles. The third kappa shape index (κ3) is 5.10. The zero-order chi connectivity index (χ0) is 23.4. The Balaban J connectivity index is 1.70. The first-order valence-electron chi connectivity index (χ1n) is 10.3.